The van der Waals surface area contributed by atoms with Crippen LogP contribution in [-0.4, -0.2) is 30.0 Å². The van der Waals surface area contributed by atoms with E-state index in [0.717, 1.165) is 16.3 Å². The monoisotopic (exact) mass is 488 g/mol. The van der Waals surface area contributed by atoms with Gasteiger partial charge in [-0.1, -0.05) is 48.5 Å². The van der Waals surface area contributed by atoms with E-state index in [1.807, 2.05) is 18.2 Å². The van der Waals surface area contributed by atoms with Crippen LogP contribution in [0, 0.1) is 5.82 Å². The second kappa shape index (κ2) is 9.95. The molecule has 1 heterocycles. The van der Waals surface area contributed by atoms with Gasteiger partial charge in [0.1, 0.15) is 11.6 Å². The van der Waals surface area contributed by atoms with Crippen LogP contribution in [0.3, 0.4) is 0 Å². The molecular formula is C29H26F2N2O3. The minimum absolute atomic E-state index is 0.0193. The summed E-state index contributed by atoms with van der Waals surface area (Å²) >= 11 is 0. The molecule has 0 saturated heterocycles. The van der Waals surface area contributed by atoms with Gasteiger partial charge in [0.15, 0.2) is 6.10 Å². The minimum Gasteiger partial charge on any atom is -0.483 e. The van der Waals surface area contributed by atoms with Gasteiger partial charge in [-0.25, -0.2) is 13.6 Å². The van der Waals surface area contributed by atoms with E-state index in [1.54, 1.807) is 12.1 Å². The molecule has 4 aromatic carbocycles. The Morgan fingerprint density at radius 3 is 2.67 bits per heavy atom. The molecule has 0 fully saturated rings. The molecule has 0 aromatic heterocycles. The lowest BCUT2D eigenvalue weighted by atomic mass is 9.99. The van der Waals surface area contributed by atoms with Gasteiger partial charge in [0.25, 0.3) is 0 Å². The average Bonchev–Trinajstić information content (AvgIpc) is 2.88. The van der Waals surface area contributed by atoms with Gasteiger partial charge in [-0.3, -0.25) is 0 Å². The summed E-state index contributed by atoms with van der Waals surface area (Å²) in [7, 11) is 0. The SMILES string of the molecule is C[C@@H](NCCC1Oc2cc(F)ccc2N(c2cccc(C(=O)O)c2)C1F)c1cccc2ccccc12. The number of rotatable bonds is 7. The van der Waals surface area contributed by atoms with Crippen LogP contribution >= 0.6 is 0 Å². The lowest BCUT2D eigenvalue weighted by Gasteiger charge is -2.39. The van der Waals surface area contributed by atoms with Gasteiger partial charge in [0.2, 0.25) is 6.30 Å². The number of nitrogens with one attached hydrogen (secondary N) is 1. The molecule has 0 bridgehead atoms. The number of halogens is 2. The molecule has 0 aliphatic carbocycles. The van der Waals surface area contributed by atoms with Crippen molar-refractivity contribution in [2.45, 2.75) is 31.8 Å². The fraction of sp³-hybridized carbons (Fsp3) is 0.207. The van der Waals surface area contributed by atoms with E-state index in [1.165, 1.54) is 35.2 Å². The van der Waals surface area contributed by atoms with Gasteiger partial charge >= 0.3 is 5.97 Å². The number of anilines is 2. The predicted molar refractivity (Wildman–Crippen MR) is 136 cm³/mol. The topological polar surface area (TPSA) is 61.8 Å². The molecule has 0 amide bonds. The number of hydrogen-bond donors (Lipinski definition) is 2. The maximum Gasteiger partial charge on any atom is 0.335 e. The van der Waals surface area contributed by atoms with Crippen molar-refractivity contribution in [3.63, 3.8) is 0 Å². The molecular weight excluding hydrogens is 462 g/mol. The Bertz CT molecular complexity index is 1410. The Morgan fingerprint density at radius 2 is 1.83 bits per heavy atom. The number of hydrogen-bond acceptors (Lipinski definition) is 4. The standard InChI is InChI=1S/C29H26F2N2O3/c1-18(23-11-5-7-19-6-2-3-10-24(19)23)32-15-14-26-28(31)33(22-9-4-8-20(16-22)29(34)35)25-13-12-21(30)17-27(25)36-26/h2-13,16-18,26,28,32H,14-15H2,1H3,(H,34,35)/t18-,26?,28?/m1/s1. The Labute approximate surface area is 207 Å². The maximum atomic E-state index is 15.9. The van der Waals surface area contributed by atoms with Crippen molar-refractivity contribution < 1.29 is 23.4 Å². The van der Waals surface area contributed by atoms with Crippen molar-refractivity contribution in [2.24, 2.45) is 0 Å². The Balaban J connectivity index is 1.36. The first-order chi connectivity index (χ1) is 17.4. The number of ether oxygens (including phenoxy) is 1. The molecule has 2 N–H and O–H groups in total. The summed E-state index contributed by atoms with van der Waals surface area (Å²) in [5.41, 5.74) is 1.89. The second-order valence-corrected chi connectivity index (χ2v) is 8.90. The number of benzene rings is 4. The van der Waals surface area contributed by atoms with Crippen LogP contribution in [0.2, 0.25) is 0 Å². The van der Waals surface area contributed by atoms with Crippen LogP contribution in [-0.2, 0) is 0 Å². The first-order valence-electron chi connectivity index (χ1n) is 11.9. The van der Waals surface area contributed by atoms with Crippen LogP contribution in [0.25, 0.3) is 10.8 Å². The Kier molecular flexibility index (Phi) is 6.57. The summed E-state index contributed by atoms with van der Waals surface area (Å²) in [6.45, 7) is 2.52. The number of nitrogens with zero attached hydrogens (tertiary/aromatic N) is 1. The van der Waals surface area contributed by atoms with Gasteiger partial charge in [0.05, 0.1) is 11.3 Å². The van der Waals surface area contributed by atoms with Crippen LogP contribution in [0.4, 0.5) is 20.2 Å². The molecule has 4 aromatic rings. The smallest absolute Gasteiger partial charge is 0.335 e. The second-order valence-electron chi connectivity index (χ2n) is 8.90. The number of alkyl halides is 1. The fourth-order valence-electron chi connectivity index (χ4n) is 4.75. The zero-order chi connectivity index (χ0) is 25.2. The first-order valence-corrected chi connectivity index (χ1v) is 11.9. The van der Waals surface area contributed by atoms with E-state index in [-0.39, 0.29) is 17.4 Å². The van der Waals surface area contributed by atoms with Crippen molar-refractivity contribution in [2.75, 3.05) is 11.4 Å². The molecule has 0 saturated carbocycles. The highest BCUT2D eigenvalue weighted by atomic mass is 19.1. The van der Waals surface area contributed by atoms with Crippen molar-refractivity contribution >= 4 is 28.1 Å². The first kappa shape index (κ1) is 23.8. The molecule has 5 rings (SSSR count). The Morgan fingerprint density at radius 1 is 1.06 bits per heavy atom. The van der Waals surface area contributed by atoms with Gasteiger partial charge in [-0.15, -0.1) is 0 Å². The minimum atomic E-state index is -1.60. The van der Waals surface area contributed by atoms with E-state index < -0.39 is 24.2 Å². The largest absolute Gasteiger partial charge is 0.483 e. The number of carboxylic acids is 1. The molecule has 5 nitrogen and oxygen atoms in total. The molecule has 0 spiro atoms. The molecule has 1 aliphatic heterocycles. The molecule has 36 heavy (non-hydrogen) atoms. The fourth-order valence-corrected chi connectivity index (χ4v) is 4.75. The van der Waals surface area contributed by atoms with Gasteiger partial charge in [-0.2, -0.15) is 0 Å². The normalized spacial score (nSPS) is 17.9. The third-order valence-corrected chi connectivity index (χ3v) is 6.55. The molecule has 3 atom stereocenters. The van der Waals surface area contributed by atoms with Crippen molar-refractivity contribution in [1.82, 2.24) is 5.32 Å². The summed E-state index contributed by atoms with van der Waals surface area (Å²) in [6, 6.07) is 24.3. The van der Waals surface area contributed by atoms with E-state index in [2.05, 4.69) is 36.5 Å². The van der Waals surface area contributed by atoms with E-state index in [4.69, 9.17) is 4.74 Å². The van der Waals surface area contributed by atoms with Gasteiger partial charge in [-0.05, 0) is 60.1 Å². The highest BCUT2D eigenvalue weighted by Gasteiger charge is 2.37. The van der Waals surface area contributed by atoms with Crippen LogP contribution in [0.15, 0.2) is 84.9 Å². The van der Waals surface area contributed by atoms with Crippen molar-refractivity contribution in [1.29, 1.82) is 0 Å². The quantitative estimate of drug-likeness (QED) is 0.287. The summed E-state index contributed by atoms with van der Waals surface area (Å²) in [5, 5.41) is 15.2. The summed E-state index contributed by atoms with van der Waals surface area (Å²) in [4.78, 5) is 12.9. The lowest BCUT2D eigenvalue weighted by Crippen LogP contribution is -2.46. The number of carbonyl (C=O) groups is 1. The Hall–Kier alpha value is -3.97. The average molecular weight is 489 g/mol. The maximum absolute atomic E-state index is 15.9. The molecule has 184 valence electrons. The van der Waals surface area contributed by atoms with Gasteiger partial charge in [0, 0.05) is 24.2 Å². The zero-order valence-electron chi connectivity index (χ0n) is 19.7. The molecule has 7 heteroatoms. The third kappa shape index (κ3) is 4.62. The number of aromatic carboxylic acids is 1. The zero-order valence-corrected chi connectivity index (χ0v) is 19.7. The highest BCUT2D eigenvalue weighted by Crippen LogP contribution is 2.42. The summed E-state index contributed by atoms with van der Waals surface area (Å²) in [6.07, 6.45) is -2.16. The van der Waals surface area contributed by atoms with E-state index >= 15 is 4.39 Å². The van der Waals surface area contributed by atoms with Crippen molar-refractivity contribution in [3.05, 3.63) is 102 Å². The predicted octanol–water partition coefficient (Wildman–Crippen LogP) is 6.61. The van der Waals surface area contributed by atoms with E-state index in [0.29, 0.717) is 24.3 Å². The van der Waals surface area contributed by atoms with Gasteiger partial charge < -0.3 is 20.1 Å². The number of fused-ring (bicyclic) bond motifs is 2. The molecule has 2 unspecified atom stereocenters. The lowest BCUT2D eigenvalue weighted by molar-refractivity contribution is 0.0696. The molecule has 1 aliphatic rings. The summed E-state index contributed by atoms with van der Waals surface area (Å²) in [5.74, 6) is -1.38. The van der Waals surface area contributed by atoms with Crippen LogP contribution in [0.5, 0.6) is 5.75 Å². The highest BCUT2D eigenvalue weighted by molar-refractivity contribution is 5.89. The van der Waals surface area contributed by atoms with Crippen LogP contribution in [0.1, 0.15) is 35.3 Å². The third-order valence-electron chi connectivity index (χ3n) is 6.55. The van der Waals surface area contributed by atoms with Crippen molar-refractivity contribution in [3.8, 4) is 5.75 Å². The van der Waals surface area contributed by atoms with Crippen LogP contribution < -0.4 is 15.0 Å². The molecule has 0 radical (unpaired) electrons. The summed E-state index contributed by atoms with van der Waals surface area (Å²) < 4.78 is 35.8. The van der Waals surface area contributed by atoms with E-state index in [9.17, 15) is 14.3 Å². The number of carboxylic acid groups (broad SMARTS) is 1.